The van der Waals surface area contributed by atoms with Crippen LogP contribution in [-0.2, 0) is 34.8 Å². The molecule has 5 heterocycles. The highest BCUT2D eigenvalue weighted by molar-refractivity contribution is 5.88. The summed E-state index contributed by atoms with van der Waals surface area (Å²) in [4.78, 5) is 33.0. The van der Waals surface area contributed by atoms with Gasteiger partial charge in [-0.2, -0.15) is 0 Å². The first-order chi connectivity index (χ1) is 16.0. The van der Waals surface area contributed by atoms with E-state index in [1.807, 2.05) is 12.1 Å². The minimum Gasteiger partial charge on any atom is -0.458 e. The minimum atomic E-state index is -1.81. The molecule has 33 heavy (non-hydrogen) atoms. The van der Waals surface area contributed by atoms with Crippen molar-refractivity contribution in [3.05, 3.63) is 62.9 Å². The van der Waals surface area contributed by atoms with Crippen molar-refractivity contribution in [1.82, 2.24) is 19.8 Å². The first kappa shape index (κ1) is 20.5. The fourth-order valence-corrected chi connectivity index (χ4v) is 5.31. The normalized spacial score (nSPS) is 22.1. The number of cyclic esters (lactones) is 1. The van der Waals surface area contributed by atoms with Crippen LogP contribution in [0.15, 0.2) is 35.1 Å². The van der Waals surface area contributed by atoms with E-state index in [4.69, 9.17) is 9.72 Å². The zero-order chi connectivity index (χ0) is 22.7. The molecule has 3 aromatic rings. The number of esters is 1. The van der Waals surface area contributed by atoms with Crippen LogP contribution in [0.5, 0.6) is 0 Å². The zero-order valence-electron chi connectivity index (χ0n) is 18.6. The van der Waals surface area contributed by atoms with Crippen molar-refractivity contribution in [3.63, 3.8) is 0 Å². The molecule has 3 aliphatic rings. The number of hydrogen-bond donors (Lipinski definition) is 2. The molecule has 170 valence electrons. The van der Waals surface area contributed by atoms with Gasteiger partial charge >= 0.3 is 5.97 Å². The van der Waals surface area contributed by atoms with Crippen molar-refractivity contribution in [3.8, 4) is 11.4 Å². The highest BCUT2D eigenvalue weighted by Gasteiger charge is 2.45. The maximum atomic E-state index is 13.3. The van der Waals surface area contributed by atoms with Crippen molar-refractivity contribution in [2.24, 2.45) is 0 Å². The third kappa shape index (κ3) is 3.05. The van der Waals surface area contributed by atoms with Gasteiger partial charge in [0.05, 0.1) is 29.0 Å². The van der Waals surface area contributed by atoms with E-state index < -0.39 is 11.6 Å². The molecule has 1 fully saturated rings. The summed E-state index contributed by atoms with van der Waals surface area (Å²) in [5.41, 5.74) is 3.12. The smallest absolute Gasteiger partial charge is 0.343 e. The van der Waals surface area contributed by atoms with Gasteiger partial charge in [-0.1, -0.05) is 19.1 Å². The standard InChI is InChI=1S/C25H26N4O4/c1-2-25(32)19-11-21-22-16(13-29(21)23(30)18(19)14-33-24(25)31)10-17-15(4-3-5-20(17)27-22)12-28-8-6-26-7-9-28/h3-5,10-11,26,32H,2,6-9,12-14H2,1H3/t25-/m0/s1. The Morgan fingerprint density at radius 3 is 2.82 bits per heavy atom. The maximum Gasteiger partial charge on any atom is 0.343 e. The van der Waals surface area contributed by atoms with Crippen molar-refractivity contribution in [2.75, 3.05) is 26.2 Å². The lowest BCUT2D eigenvalue weighted by atomic mass is 9.86. The van der Waals surface area contributed by atoms with Crippen LogP contribution >= 0.6 is 0 Å². The van der Waals surface area contributed by atoms with Gasteiger partial charge in [0.25, 0.3) is 5.56 Å². The maximum absolute atomic E-state index is 13.3. The Morgan fingerprint density at radius 2 is 2.03 bits per heavy atom. The third-order valence-electron chi connectivity index (χ3n) is 7.25. The summed E-state index contributed by atoms with van der Waals surface area (Å²) in [5.74, 6) is -0.705. The number of pyridine rings is 2. The molecule has 6 rings (SSSR count). The van der Waals surface area contributed by atoms with Gasteiger partial charge in [-0.3, -0.25) is 9.69 Å². The van der Waals surface area contributed by atoms with E-state index in [0.29, 0.717) is 23.4 Å². The lowest BCUT2D eigenvalue weighted by Gasteiger charge is -2.31. The number of hydrogen-bond acceptors (Lipinski definition) is 7. The van der Waals surface area contributed by atoms with Crippen molar-refractivity contribution < 1.29 is 14.6 Å². The van der Waals surface area contributed by atoms with E-state index in [0.717, 1.165) is 54.9 Å². The topological polar surface area (TPSA) is 96.7 Å². The lowest BCUT2D eigenvalue weighted by Crippen LogP contribution is -2.44. The molecule has 1 atom stereocenters. The Hall–Kier alpha value is -3.07. The van der Waals surface area contributed by atoms with Crippen LogP contribution in [0.1, 0.15) is 35.6 Å². The van der Waals surface area contributed by atoms with E-state index in [1.165, 1.54) is 5.56 Å². The molecule has 8 heteroatoms. The first-order valence-electron chi connectivity index (χ1n) is 11.5. The number of aromatic nitrogens is 2. The van der Waals surface area contributed by atoms with Crippen LogP contribution < -0.4 is 10.9 Å². The first-order valence-corrected chi connectivity index (χ1v) is 11.5. The minimum absolute atomic E-state index is 0.115. The summed E-state index contributed by atoms with van der Waals surface area (Å²) in [5, 5.41) is 15.5. The quantitative estimate of drug-likeness (QED) is 0.460. The molecule has 2 aromatic heterocycles. The number of aliphatic hydroxyl groups is 1. The fraction of sp³-hybridized carbons (Fsp3) is 0.400. The second-order valence-corrected chi connectivity index (χ2v) is 9.11. The van der Waals surface area contributed by atoms with Gasteiger partial charge in [0.15, 0.2) is 5.60 Å². The third-order valence-corrected chi connectivity index (χ3v) is 7.25. The van der Waals surface area contributed by atoms with Crippen LogP contribution in [0.25, 0.3) is 22.3 Å². The number of piperazine rings is 1. The molecule has 0 spiro atoms. The molecule has 0 aliphatic carbocycles. The summed E-state index contributed by atoms with van der Waals surface area (Å²) in [6.07, 6.45) is 0.134. The van der Waals surface area contributed by atoms with Gasteiger partial charge in [0.2, 0.25) is 0 Å². The number of nitrogens with zero attached hydrogens (tertiary/aromatic N) is 3. The van der Waals surface area contributed by atoms with Crippen LogP contribution in [0.4, 0.5) is 0 Å². The van der Waals surface area contributed by atoms with Crippen LogP contribution in [0.3, 0.4) is 0 Å². The molecular weight excluding hydrogens is 420 g/mol. The molecule has 0 saturated carbocycles. The summed E-state index contributed by atoms with van der Waals surface area (Å²) in [6.45, 7) is 6.90. The number of nitrogens with one attached hydrogen (secondary N) is 1. The van der Waals surface area contributed by atoms with E-state index in [2.05, 4.69) is 22.3 Å². The molecule has 0 radical (unpaired) electrons. The summed E-state index contributed by atoms with van der Waals surface area (Å²) in [7, 11) is 0. The van der Waals surface area contributed by atoms with Gasteiger partial charge in [-0.05, 0) is 30.2 Å². The average molecular weight is 447 g/mol. The summed E-state index contributed by atoms with van der Waals surface area (Å²) < 4.78 is 6.83. The predicted molar refractivity (Wildman–Crippen MR) is 123 cm³/mol. The molecule has 8 nitrogen and oxygen atoms in total. The van der Waals surface area contributed by atoms with Gasteiger partial charge in [0, 0.05) is 49.2 Å². The molecule has 0 amide bonds. The SMILES string of the molecule is CC[C@@]1(O)C(=O)OCc2c1cc1n(c2=O)Cc2cc3c(CN4CCNCC4)cccc3nc2-1. The average Bonchev–Trinajstić information content (AvgIpc) is 3.19. The fourth-order valence-electron chi connectivity index (χ4n) is 5.31. The number of rotatable bonds is 3. The largest absolute Gasteiger partial charge is 0.458 e. The zero-order valence-corrected chi connectivity index (χ0v) is 18.6. The number of ether oxygens (including phenoxy) is 1. The highest BCUT2D eigenvalue weighted by Crippen LogP contribution is 2.39. The van der Waals surface area contributed by atoms with Crippen LogP contribution in [-0.4, -0.2) is 51.7 Å². The van der Waals surface area contributed by atoms with Crippen molar-refractivity contribution in [2.45, 2.75) is 38.6 Å². The molecule has 3 aliphatic heterocycles. The Morgan fingerprint density at radius 1 is 1.21 bits per heavy atom. The molecule has 0 unspecified atom stereocenters. The second-order valence-electron chi connectivity index (χ2n) is 9.11. The Labute approximate surface area is 190 Å². The summed E-state index contributed by atoms with van der Waals surface area (Å²) in [6, 6.07) is 10.1. The molecule has 0 bridgehead atoms. The number of benzene rings is 1. The van der Waals surface area contributed by atoms with Crippen LogP contribution in [0.2, 0.25) is 0 Å². The van der Waals surface area contributed by atoms with Crippen molar-refractivity contribution >= 4 is 16.9 Å². The Bertz CT molecular complexity index is 1360. The van der Waals surface area contributed by atoms with E-state index in [1.54, 1.807) is 17.6 Å². The van der Waals surface area contributed by atoms with E-state index >= 15 is 0 Å². The molecular formula is C25H26N4O4. The summed E-state index contributed by atoms with van der Waals surface area (Å²) >= 11 is 0. The highest BCUT2D eigenvalue weighted by atomic mass is 16.6. The molecule has 1 aromatic carbocycles. The molecule has 2 N–H and O–H groups in total. The van der Waals surface area contributed by atoms with Gasteiger partial charge < -0.3 is 19.7 Å². The van der Waals surface area contributed by atoms with E-state index in [-0.39, 0.29) is 18.6 Å². The predicted octanol–water partition coefficient (Wildman–Crippen LogP) is 1.48. The Balaban J connectivity index is 1.48. The second kappa shape index (κ2) is 7.48. The number of fused-ring (bicyclic) bond motifs is 5. The monoisotopic (exact) mass is 446 g/mol. The number of carbonyl (C=O) groups is 1. The van der Waals surface area contributed by atoms with Gasteiger partial charge in [-0.25, -0.2) is 9.78 Å². The van der Waals surface area contributed by atoms with Crippen molar-refractivity contribution in [1.29, 1.82) is 0 Å². The van der Waals surface area contributed by atoms with Gasteiger partial charge in [0.1, 0.15) is 6.61 Å². The molecule has 1 saturated heterocycles. The van der Waals surface area contributed by atoms with E-state index in [9.17, 15) is 14.7 Å². The lowest BCUT2D eigenvalue weighted by molar-refractivity contribution is -0.172. The van der Waals surface area contributed by atoms with Crippen LogP contribution in [0, 0.1) is 0 Å². The van der Waals surface area contributed by atoms with Gasteiger partial charge in [-0.15, -0.1) is 0 Å². The Kier molecular flexibility index (Phi) is 4.65. The number of carbonyl (C=O) groups excluding carboxylic acids is 1.